The topological polar surface area (TPSA) is 72.9 Å². The Morgan fingerprint density at radius 1 is 1.30 bits per heavy atom. The third-order valence-electron chi connectivity index (χ3n) is 2.84. The van der Waals surface area contributed by atoms with Gasteiger partial charge in [-0.25, -0.2) is 4.68 Å². The van der Waals surface area contributed by atoms with Crippen molar-refractivity contribution < 1.29 is 4.79 Å². The number of nitrogens with one attached hydrogen (secondary N) is 1. The number of benzene rings is 1. The summed E-state index contributed by atoms with van der Waals surface area (Å²) < 4.78 is 1.74. The molecule has 0 fully saturated rings. The van der Waals surface area contributed by atoms with Gasteiger partial charge in [0.25, 0.3) is 0 Å². The number of carbonyl (C=O) groups excluding carboxylic acids is 1. The molecule has 6 heteroatoms. The predicted octanol–water partition coefficient (Wildman–Crippen LogP) is 2.26. The molecule has 0 spiro atoms. The SMILES string of the molecule is NCCCC(=O)Nc1ccnn1Cc1ccc(Cl)cc1. The maximum atomic E-state index is 11.7. The normalized spacial score (nSPS) is 10.5. The minimum Gasteiger partial charge on any atom is -0.330 e. The van der Waals surface area contributed by atoms with Crippen LogP contribution in [0.1, 0.15) is 18.4 Å². The highest BCUT2D eigenvalue weighted by atomic mass is 35.5. The second kappa shape index (κ2) is 7.07. The summed E-state index contributed by atoms with van der Waals surface area (Å²) >= 11 is 5.85. The number of anilines is 1. The van der Waals surface area contributed by atoms with Crippen LogP contribution in [0.25, 0.3) is 0 Å². The molecule has 2 aromatic rings. The number of nitrogens with two attached hydrogens (primary N) is 1. The molecule has 1 aromatic carbocycles. The summed E-state index contributed by atoms with van der Waals surface area (Å²) in [6, 6.07) is 9.31. The van der Waals surface area contributed by atoms with Crippen molar-refractivity contribution in [1.82, 2.24) is 9.78 Å². The van der Waals surface area contributed by atoms with E-state index in [1.54, 1.807) is 16.9 Å². The van der Waals surface area contributed by atoms with E-state index in [4.69, 9.17) is 17.3 Å². The Kier molecular flexibility index (Phi) is 5.15. The lowest BCUT2D eigenvalue weighted by molar-refractivity contribution is -0.116. The van der Waals surface area contributed by atoms with Gasteiger partial charge in [-0.2, -0.15) is 5.10 Å². The van der Waals surface area contributed by atoms with E-state index in [9.17, 15) is 4.79 Å². The van der Waals surface area contributed by atoms with Crippen molar-refractivity contribution in [3.63, 3.8) is 0 Å². The predicted molar refractivity (Wildman–Crippen MR) is 79.7 cm³/mol. The largest absolute Gasteiger partial charge is 0.330 e. The van der Waals surface area contributed by atoms with Gasteiger partial charge in [-0.15, -0.1) is 0 Å². The molecular formula is C14H17ClN4O. The second-order valence-electron chi connectivity index (χ2n) is 4.44. The molecule has 0 bridgehead atoms. The highest BCUT2D eigenvalue weighted by Gasteiger charge is 2.07. The van der Waals surface area contributed by atoms with Crippen LogP contribution in [-0.4, -0.2) is 22.2 Å². The van der Waals surface area contributed by atoms with Gasteiger partial charge in [0.05, 0.1) is 12.7 Å². The average molecular weight is 293 g/mol. The molecule has 20 heavy (non-hydrogen) atoms. The molecule has 0 radical (unpaired) electrons. The quantitative estimate of drug-likeness (QED) is 0.858. The van der Waals surface area contributed by atoms with E-state index in [1.807, 2.05) is 24.3 Å². The monoisotopic (exact) mass is 292 g/mol. The summed E-state index contributed by atoms with van der Waals surface area (Å²) in [7, 11) is 0. The van der Waals surface area contributed by atoms with Crippen LogP contribution in [0.3, 0.4) is 0 Å². The average Bonchev–Trinajstić information content (AvgIpc) is 2.86. The summed E-state index contributed by atoms with van der Waals surface area (Å²) in [5, 5.41) is 7.75. The van der Waals surface area contributed by atoms with Crippen molar-refractivity contribution in [1.29, 1.82) is 0 Å². The Morgan fingerprint density at radius 2 is 2.05 bits per heavy atom. The van der Waals surface area contributed by atoms with Crippen molar-refractivity contribution in [2.45, 2.75) is 19.4 Å². The molecule has 0 aliphatic heterocycles. The van der Waals surface area contributed by atoms with E-state index < -0.39 is 0 Å². The van der Waals surface area contributed by atoms with E-state index in [0.717, 1.165) is 5.56 Å². The summed E-state index contributed by atoms with van der Waals surface area (Å²) in [5.41, 5.74) is 6.45. The molecule has 0 unspecified atom stereocenters. The number of nitrogens with zero attached hydrogens (tertiary/aromatic N) is 2. The maximum Gasteiger partial charge on any atom is 0.225 e. The fraction of sp³-hybridized carbons (Fsp3) is 0.286. The number of halogens is 1. The molecule has 106 valence electrons. The number of aromatic nitrogens is 2. The number of hydrogen-bond donors (Lipinski definition) is 2. The fourth-order valence-electron chi connectivity index (χ4n) is 1.80. The van der Waals surface area contributed by atoms with Gasteiger partial charge in [-0.1, -0.05) is 23.7 Å². The Morgan fingerprint density at radius 3 is 2.75 bits per heavy atom. The number of carbonyl (C=O) groups is 1. The summed E-state index contributed by atoms with van der Waals surface area (Å²) in [4.78, 5) is 11.7. The first-order chi connectivity index (χ1) is 9.69. The summed E-state index contributed by atoms with van der Waals surface area (Å²) in [5.74, 6) is 0.635. The van der Waals surface area contributed by atoms with Crippen molar-refractivity contribution in [3.8, 4) is 0 Å². The van der Waals surface area contributed by atoms with Crippen molar-refractivity contribution in [2.24, 2.45) is 5.73 Å². The lowest BCUT2D eigenvalue weighted by atomic mass is 10.2. The number of rotatable bonds is 6. The van der Waals surface area contributed by atoms with Gasteiger partial charge in [-0.05, 0) is 30.7 Å². The second-order valence-corrected chi connectivity index (χ2v) is 4.88. The highest BCUT2D eigenvalue weighted by Crippen LogP contribution is 2.13. The molecule has 0 saturated heterocycles. The van der Waals surface area contributed by atoms with E-state index in [2.05, 4.69) is 10.4 Å². The zero-order chi connectivity index (χ0) is 14.4. The molecule has 0 atom stereocenters. The summed E-state index contributed by atoms with van der Waals surface area (Å²) in [6.45, 7) is 1.09. The first-order valence-electron chi connectivity index (χ1n) is 6.45. The lowest BCUT2D eigenvalue weighted by Crippen LogP contribution is -2.17. The van der Waals surface area contributed by atoms with Gasteiger partial charge >= 0.3 is 0 Å². The summed E-state index contributed by atoms with van der Waals surface area (Å²) in [6.07, 6.45) is 2.76. The minimum absolute atomic E-state index is 0.0479. The number of hydrogen-bond acceptors (Lipinski definition) is 3. The first-order valence-corrected chi connectivity index (χ1v) is 6.83. The Bertz CT molecular complexity index is 565. The van der Waals surface area contributed by atoms with Crippen LogP contribution < -0.4 is 11.1 Å². The molecule has 1 heterocycles. The van der Waals surface area contributed by atoms with Crippen LogP contribution in [0.4, 0.5) is 5.82 Å². The van der Waals surface area contributed by atoms with Crippen LogP contribution in [0.2, 0.25) is 5.02 Å². The van der Waals surface area contributed by atoms with E-state index >= 15 is 0 Å². The van der Waals surface area contributed by atoms with Crippen LogP contribution in [0.15, 0.2) is 36.5 Å². The maximum absolute atomic E-state index is 11.7. The van der Waals surface area contributed by atoms with Gasteiger partial charge in [0, 0.05) is 17.5 Å². The molecule has 3 N–H and O–H groups in total. The van der Waals surface area contributed by atoms with Crippen molar-refractivity contribution >= 4 is 23.3 Å². The zero-order valence-corrected chi connectivity index (χ0v) is 11.8. The molecular weight excluding hydrogens is 276 g/mol. The Balaban J connectivity index is 2.01. The molecule has 0 saturated carbocycles. The van der Waals surface area contributed by atoms with Gasteiger partial charge in [0.2, 0.25) is 5.91 Å². The van der Waals surface area contributed by atoms with Gasteiger partial charge < -0.3 is 11.1 Å². The molecule has 2 rings (SSSR count). The fourth-order valence-corrected chi connectivity index (χ4v) is 1.92. The Hall–Kier alpha value is -1.85. The highest BCUT2D eigenvalue weighted by molar-refractivity contribution is 6.30. The van der Waals surface area contributed by atoms with Crippen molar-refractivity contribution in [2.75, 3.05) is 11.9 Å². The lowest BCUT2D eigenvalue weighted by Gasteiger charge is -2.09. The first kappa shape index (κ1) is 14.6. The van der Waals surface area contributed by atoms with E-state index in [-0.39, 0.29) is 5.91 Å². The molecule has 1 aromatic heterocycles. The standard InChI is InChI=1S/C14H17ClN4O/c15-12-5-3-11(4-6-12)10-19-13(7-9-17-19)18-14(20)2-1-8-16/h3-7,9H,1-2,8,10,16H2,(H,18,20). The van der Waals surface area contributed by atoms with Crippen LogP contribution in [0.5, 0.6) is 0 Å². The Labute approximate surface area is 122 Å². The molecule has 0 aliphatic carbocycles. The van der Waals surface area contributed by atoms with Gasteiger partial charge in [-0.3, -0.25) is 4.79 Å². The minimum atomic E-state index is -0.0479. The third-order valence-corrected chi connectivity index (χ3v) is 3.09. The van der Waals surface area contributed by atoms with Gasteiger partial charge in [0.1, 0.15) is 5.82 Å². The number of amides is 1. The van der Waals surface area contributed by atoms with Crippen LogP contribution in [0, 0.1) is 0 Å². The van der Waals surface area contributed by atoms with E-state index in [1.165, 1.54) is 0 Å². The van der Waals surface area contributed by atoms with Crippen molar-refractivity contribution in [3.05, 3.63) is 47.1 Å². The molecule has 0 aliphatic rings. The molecule has 1 amide bonds. The van der Waals surface area contributed by atoms with Crippen LogP contribution >= 0.6 is 11.6 Å². The van der Waals surface area contributed by atoms with Gasteiger partial charge in [0.15, 0.2) is 0 Å². The third kappa shape index (κ3) is 4.08. The zero-order valence-electron chi connectivity index (χ0n) is 11.1. The molecule has 5 nitrogen and oxygen atoms in total. The smallest absolute Gasteiger partial charge is 0.225 e. The van der Waals surface area contributed by atoms with Crippen LogP contribution in [-0.2, 0) is 11.3 Å². The van der Waals surface area contributed by atoms with E-state index in [0.29, 0.717) is 36.8 Å².